The third kappa shape index (κ3) is 2.45. The zero-order chi connectivity index (χ0) is 12.3. The van der Waals surface area contributed by atoms with Crippen molar-refractivity contribution in [2.75, 3.05) is 7.05 Å². The molecule has 1 aromatic heterocycles. The number of hydrogen-bond acceptors (Lipinski definition) is 3. The van der Waals surface area contributed by atoms with Crippen LogP contribution < -0.4 is 10.9 Å². The van der Waals surface area contributed by atoms with Crippen LogP contribution in [-0.4, -0.2) is 22.7 Å². The maximum atomic E-state index is 12.0. The average Bonchev–Trinajstić information content (AvgIpc) is 2.39. The quantitative estimate of drug-likeness (QED) is 0.865. The smallest absolute Gasteiger partial charge is 0.284 e. The largest absolute Gasteiger partial charge is 0.355 e. The fourth-order valence-corrected chi connectivity index (χ4v) is 1.47. The minimum Gasteiger partial charge on any atom is -0.355 e. The van der Waals surface area contributed by atoms with Gasteiger partial charge in [-0.2, -0.15) is 9.78 Å². The topological polar surface area (TPSA) is 64.0 Å². The molecule has 0 bridgehead atoms. The normalized spacial score (nSPS) is 9.39. The summed E-state index contributed by atoms with van der Waals surface area (Å²) < 4.78 is 1.20. The third-order valence-electron chi connectivity index (χ3n) is 2.32. The van der Waals surface area contributed by atoms with Crippen LogP contribution in [0.1, 0.15) is 17.8 Å². The summed E-state index contributed by atoms with van der Waals surface area (Å²) in [7, 11) is 1.48. The van der Waals surface area contributed by atoms with Gasteiger partial charge in [0.2, 0.25) is 0 Å². The molecule has 1 aromatic carbocycles. The second-order valence-electron chi connectivity index (χ2n) is 3.38. The molecule has 18 heavy (non-hydrogen) atoms. The van der Waals surface area contributed by atoms with E-state index in [1.54, 1.807) is 24.3 Å². The molecule has 0 aliphatic heterocycles. The summed E-state index contributed by atoms with van der Waals surface area (Å²) in [4.78, 5) is 23.5. The van der Waals surface area contributed by atoms with E-state index in [0.717, 1.165) is 0 Å². The molecule has 1 amide bonds. The molecule has 0 radical (unpaired) electrons. The predicted octanol–water partition coefficient (Wildman–Crippen LogP) is 1.23. The highest BCUT2D eigenvalue weighted by molar-refractivity contribution is 5.93. The van der Waals surface area contributed by atoms with Crippen LogP contribution >= 0.6 is 0 Å². The minimum atomic E-state index is -0.432. The first-order chi connectivity index (χ1) is 8.24. The monoisotopic (exact) mass is 245 g/mol. The van der Waals surface area contributed by atoms with Gasteiger partial charge in [0, 0.05) is 13.2 Å². The van der Waals surface area contributed by atoms with E-state index in [9.17, 15) is 9.59 Å². The molecule has 0 atom stereocenters. The SMILES string of the molecule is C.CNC(=O)c1ccnn(-c2ccccc2)c1=O. The summed E-state index contributed by atoms with van der Waals surface area (Å²) in [6, 6.07) is 10.4. The summed E-state index contributed by atoms with van der Waals surface area (Å²) in [6.07, 6.45) is 1.43. The highest BCUT2D eigenvalue weighted by Crippen LogP contribution is 2.02. The summed E-state index contributed by atoms with van der Waals surface area (Å²) in [6.45, 7) is 0. The van der Waals surface area contributed by atoms with Gasteiger partial charge in [-0.25, -0.2) is 0 Å². The lowest BCUT2D eigenvalue weighted by atomic mass is 10.2. The third-order valence-corrected chi connectivity index (χ3v) is 2.32. The van der Waals surface area contributed by atoms with E-state index in [-0.39, 0.29) is 13.0 Å². The molecule has 0 spiro atoms. The zero-order valence-electron chi connectivity index (χ0n) is 9.25. The van der Waals surface area contributed by atoms with Crippen molar-refractivity contribution < 1.29 is 4.79 Å². The van der Waals surface area contributed by atoms with Crippen LogP contribution in [0.25, 0.3) is 5.69 Å². The average molecular weight is 245 g/mol. The lowest BCUT2D eigenvalue weighted by Gasteiger charge is -2.05. The molecule has 5 heteroatoms. The van der Waals surface area contributed by atoms with Crippen molar-refractivity contribution in [1.29, 1.82) is 0 Å². The molecule has 94 valence electrons. The Morgan fingerprint density at radius 1 is 1.22 bits per heavy atom. The number of hydrogen-bond donors (Lipinski definition) is 1. The van der Waals surface area contributed by atoms with E-state index >= 15 is 0 Å². The Kier molecular flexibility index (Phi) is 4.37. The van der Waals surface area contributed by atoms with Crippen LogP contribution in [0.3, 0.4) is 0 Å². The number of carbonyl (C=O) groups excluding carboxylic acids is 1. The number of nitrogens with zero attached hydrogens (tertiary/aromatic N) is 2. The number of benzene rings is 1. The predicted molar refractivity (Wildman–Crippen MR) is 70.0 cm³/mol. The fraction of sp³-hybridized carbons (Fsp3) is 0.154. The Hall–Kier alpha value is -2.43. The molecule has 0 aliphatic rings. The standard InChI is InChI=1S/C12H11N3O2.CH4/c1-13-11(16)10-7-8-14-15(12(10)17)9-5-3-2-4-6-9;/h2-8H,1H3,(H,13,16);1H4. The van der Waals surface area contributed by atoms with Crippen LogP contribution in [-0.2, 0) is 0 Å². The highest BCUT2D eigenvalue weighted by Gasteiger charge is 2.11. The lowest BCUT2D eigenvalue weighted by Crippen LogP contribution is -2.31. The van der Waals surface area contributed by atoms with Gasteiger partial charge in [0.05, 0.1) is 5.69 Å². The zero-order valence-corrected chi connectivity index (χ0v) is 9.25. The second kappa shape index (κ2) is 5.77. The molecule has 0 unspecified atom stereocenters. The second-order valence-corrected chi connectivity index (χ2v) is 3.38. The van der Waals surface area contributed by atoms with Crippen molar-refractivity contribution in [3.05, 3.63) is 58.5 Å². The molecule has 0 saturated heterocycles. The first-order valence-electron chi connectivity index (χ1n) is 5.10. The summed E-state index contributed by atoms with van der Waals surface area (Å²) >= 11 is 0. The Balaban J connectivity index is 0.00000162. The van der Waals surface area contributed by atoms with Crippen molar-refractivity contribution in [1.82, 2.24) is 15.1 Å². The molecule has 2 rings (SSSR count). The van der Waals surface area contributed by atoms with E-state index in [4.69, 9.17) is 0 Å². The molecule has 5 nitrogen and oxygen atoms in total. The molecule has 1 heterocycles. The first kappa shape index (κ1) is 13.6. The van der Waals surface area contributed by atoms with E-state index in [2.05, 4.69) is 10.4 Å². The first-order valence-corrected chi connectivity index (χ1v) is 5.10. The Morgan fingerprint density at radius 3 is 2.50 bits per heavy atom. The van der Waals surface area contributed by atoms with Crippen LogP contribution in [0.2, 0.25) is 0 Å². The Bertz CT molecular complexity index is 591. The van der Waals surface area contributed by atoms with E-state index in [0.29, 0.717) is 5.69 Å². The Labute approximate surface area is 105 Å². The Morgan fingerprint density at radius 2 is 1.89 bits per heavy atom. The van der Waals surface area contributed by atoms with E-state index < -0.39 is 11.5 Å². The van der Waals surface area contributed by atoms with Crippen molar-refractivity contribution in [3.63, 3.8) is 0 Å². The number of amides is 1. The van der Waals surface area contributed by atoms with Gasteiger partial charge in [-0.15, -0.1) is 0 Å². The molecule has 0 saturated carbocycles. The molecule has 0 fully saturated rings. The van der Waals surface area contributed by atoms with Crippen molar-refractivity contribution >= 4 is 5.91 Å². The molecule has 2 aromatic rings. The van der Waals surface area contributed by atoms with E-state index in [1.807, 2.05) is 6.07 Å². The number of rotatable bonds is 2. The summed E-state index contributed by atoms with van der Waals surface area (Å²) in [5.41, 5.74) is 0.271. The van der Waals surface area contributed by atoms with E-state index in [1.165, 1.54) is 24.0 Å². The van der Waals surface area contributed by atoms with Crippen LogP contribution in [0.5, 0.6) is 0 Å². The van der Waals surface area contributed by atoms with Crippen molar-refractivity contribution in [2.45, 2.75) is 7.43 Å². The van der Waals surface area contributed by atoms with Crippen molar-refractivity contribution in [2.24, 2.45) is 0 Å². The van der Waals surface area contributed by atoms with Gasteiger partial charge in [-0.1, -0.05) is 25.6 Å². The van der Waals surface area contributed by atoms with Crippen molar-refractivity contribution in [3.8, 4) is 5.69 Å². The number of nitrogens with one attached hydrogen (secondary N) is 1. The maximum Gasteiger partial charge on any atom is 0.284 e. The maximum absolute atomic E-state index is 12.0. The molecular weight excluding hydrogens is 230 g/mol. The number of aromatic nitrogens is 2. The lowest BCUT2D eigenvalue weighted by molar-refractivity contribution is 0.0961. The van der Waals surface area contributed by atoms with Crippen LogP contribution in [0, 0.1) is 0 Å². The summed E-state index contributed by atoms with van der Waals surface area (Å²) in [5, 5.41) is 6.37. The minimum absolute atomic E-state index is 0. The van der Waals surface area contributed by atoms with Crippen LogP contribution in [0.4, 0.5) is 0 Å². The van der Waals surface area contributed by atoms with Gasteiger partial charge in [0.15, 0.2) is 0 Å². The molecular formula is C13H15N3O2. The molecule has 1 N–H and O–H groups in total. The van der Waals surface area contributed by atoms with Gasteiger partial charge in [-0.3, -0.25) is 9.59 Å². The van der Waals surface area contributed by atoms with Crippen LogP contribution in [0.15, 0.2) is 47.4 Å². The number of para-hydroxylation sites is 1. The van der Waals surface area contributed by atoms with Gasteiger partial charge >= 0.3 is 0 Å². The highest BCUT2D eigenvalue weighted by atomic mass is 16.2. The van der Waals surface area contributed by atoms with Gasteiger partial charge in [0.1, 0.15) is 5.56 Å². The number of carbonyl (C=O) groups is 1. The van der Waals surface area contributed by atoms with Gasteiger partial charge in [0.25, 0.3) is 11.5 Å². The van der Waals surface area contributed by atoms with Gasteiger partial charge < -0.3 is 5.32 Å². The summed E-state index contributed by atoms with van der Waals surface area (Å²) in [5.74, 6) is -0.415. The van der Waals surface area contributed by atoms with Gasteiger partial charge in [-0.05, 0) is 18.2 Å². The fourth-order valence-electron chi connectivity index (χ4n) is 1.47. The molecule has 0 aliphatic carbocycles.